The van der Waals surface area contributed by atoms with Crippen LogP contribution in [0.15, 0.2) is 45.8 Å². The summed E-state index contributed by atoms with van der Waals surface area (Å²) in [5.41, 5.74) is 2.03. The Bertz CT molecular complexity index is 820. The number of hydrogen-bond donors (Lipinski definition) is 1. The van der Waals surface area contributed by atoms with Gasteiger partial charge in [-0.25, -0.2) is 4.79 Å². The summed E-state index contributed by atoms with van der Waals surface area (Å²) in [6.45, 7) is 2.80. The number of piperidine rings is 1. The van der Waals surface area contributed by atoms with Crippen LogP contribution in [0.4, 0.5) is 4.79 Å². The Kier molecular flexibility index (Phi) is 5.01. The number of nitrogens with one attached hydrogen (secondary N) is 1. The lowest BCUT2D eigenvalue weighted by molar-refractivity contribution is 0.163. The highest BCUT2D eigenvalue weighted by Gasteiger charge is 2.23. The van der Waals surface area contributed by atoms with Crippen LogP contribution in [0.5, 0.6) is 0 Å². The van der Waals surface area contributed by atoms with Gasteiger partial charge in [0.25, 0.3) is 0 Å². The zero-order valence-electron chi connectivity index (χ0n) is 14.4. The van der Waals surface area contributed by atoms with E-state index < -0.39 is 0 Å². The molecule has 0 atom stereocenters. The summed E-state index contributed by atoms with van der Waals surface area (Å²) in [4.78, 5) is 14.1. The first-order valence-corrected chi connectivity index (χ1v) is 9.70. The monoisotopic (exact) mass is 371 g/mol. The topological polar surface area (TPSA) is 76.2 Å². The maximum atomic E-state index is 12.2. The van der Waals surface area contributed by atoms with E-state index in [1.54, 1.807) is 17.6 Å². The molecule has 0 radical (unpaired) electrons. The van der Waals surface area contributed by atoms with E-state index in [4.69, 9.17) is 4.42 Å². The Morgan fingerprint density at radius 2 is 2.23 bits per heavy atom. The number of rotatable bonds is 5. The number of likely N-dealkylation sites (tertiary alicyclic amines) is 1. The number of aromatic nitrogens is 3. The van der Waals surface area contributed by atoms with Crippen LogP contribution < -0.4 is 5.32 Å². The van der Waals surface area contributed by atoms with Gasteiger partial charge in [0, 0.05) is 30.6 Å². The normalized spacial score (nSPS) is 15.3. The number of carbonyl (C=O) groups excluding carboxylic acids is 1. The van der Waals surface area contributed by atoms with Crippen molar-refractivity contribution in [2.75, 3.05) is 13.1 Å². The molecule has 3 aromatic rings. The van der Waals surface area contributed by atoms with Gasteiger partial charge < -0.3 is 14.6 Å². The van der Waals surface area contributed by atoms with Crippen molar-refractivity contribution in [3.05, 3.63) is 47.2 Å². The largest absolute Gasteiger partial charge is 0.467 e. The van der Waals surface area contributed by atoms with E-state index in [-0.39, 0.29) is 6.03 Å². The van der Waals surface area contributed by atoms with Crippen LogP contribution in [-0.4, -0.2) is 39.0 Å². The number of nitrogens with zero attached hydrogens (tertiary/aromatic N) is 4. The maximum absolute atomic E-state index is 12.2. The average molecular weight is 371 g/mol. The molecule has 2 amide bonds. The molecule has 1 N–H and O–H groups in total. The van der Waals surface area contributed by atoms with Crippen molar-refractivity contribution in [3.8, 4) is 11.3 Å². The second kappa shape index (κ2) is 7.74. The van der Waals surface area contributed by atoms with Crippen molar-refractivity contribution in [2.24, 2.45) is 5.92 Å². The van der Waals surface area contributed by atoms with Crippen molar-refractivity contribution in [3.63, 3.8) is 0 Å². The fraction of sp³-hybridized carbons (Fsp3) is 0.389. The Hall–Kier alpha value is -2.61. The molecule has 0 bridgehead atoms. The van der Waals surface area contributed by atoms with Crippen molar-refractivity contribution in [2.45, 2.75) is 25.9 Å². The molecule has 8 heteroatoms. The molecule has 1 saturated heterocycles. The van der Waals surface area contributed by atoms with E-state index in [2.05, 4.69) is 27.1 Å². The third-order valence-corrected chi connectivity index (χ3v) is 5.38. The minimum absolute atomic E-state index is 0.0275. The van der Waals surface area contributed by atoms with Crippen LogP contribution >= 0.6 is 11.3 Å². The van der Waals surface area contributed by atoms with Gasteiger partial charge >= 0.3 is 6.03 Å². The molecule has 136 valence electrons. The Morgan fingerprint density at radius 1 is 1.35 bits per heavy atom. The fourth-order valence-electron chi connectivity index (χ4n) is 3.20. The van der Waals surface area contributed by atoms with Gasteiger partial charge in [-0.05, 0) is 42.3 Å². The zero-order chi connectivity index (χ0) is 17.8. The van der Waals surface area contributed by atoms with Crippen molar-refractivity contribution in [1.29, 1.82) is 0 Å². The summed E-state index contributed by atoms with van der Waals surface area (Å²) in [6, 6.07) is 5.70. The molecule has 0 saturated carbocycles. The van der Waals surface area contributed by atoms with E-state index in [0.29, 0.717) is 12.5 Å². The molecular weight excluding hydrogens is 350 g/mol. The van der Waals surface area contributed by atoms with E-state index in [1.807, 2.05) is 33.3 Å². The highest BCUT2D eigenvalue weighted by Crippen LogP contribution is 2.22. The minimum atomic E-state index is -0.0275. The van der Waals surface area contributed by atoms with Gasteiger partial charge in [-0.15, -0.1) is 5.10 Å². The van der Waals surface area contributed by atoms with E-state index in [1.165, 1.54) is 0 Å². The first-order chi connectivity index (χ1) is 12.8. The zero-order valence-corrected chi connectivity index (χ0v) is 15.2. The molecule has 0 spiro atoms. The van der Waals surface area contributed by atoms with E-state index in [0.717, 1.165) is 49.5 Å². The quantitative estimate of drug-likeness (QED) is 0.747. The number of thiophene rings is 1. The maximum Gasteiger partial charge on any atom is 0.317 e. The molecule has 26 heavy (non-hydrogen) atoms. The number of hydrogen-bond acceptors (Lipinski definition) is 5. The van der Waals surface area contributed by atoms with Gasteiger partial charge in [0.2, 0.25) is 0 Å². The molecule has 1 fully saturated rings. The first-order valence-electron chi connectivity index (χ1n) is 8.76. The van der Waals surface area contributed by atoms with Crippen LogP contribution in [0.3, 0.4) is 0 Å². The third kappa shape index (κ3) is 3.96. The van der Waals surface area contributed by atoms with Crippen molar-refractivity contribution < 1.29 is 9.21 Å². The number of carbonyl (C=O) groups is 1. The fourth-order valence-corrected chi connectivity index (χ4v) is 3.85. The SMILES string of the molecule is O=C(NCc1ccco1)N1CCC(Cn2cc(-c3ccsc3)nn2)CC1. The van der Waals surface area contributed by atoms with Gasteiger partial charge in [0.1, 0.15) is 11.5 Å². The lowest BCUT2D eigenvalue weighted by Crippen LogP contribution is -2.44. The molecule has 0 aromatic carbocycles. The van der Waals surface area contributed by atoms with Crippen LogP contribution in [-0.2, 0) is 13.1 Å². The second-order valence-electron chi connectivity index (χ2n) is 6.51. The molecule has 4 rings (SSSR count). The number of urea groups is 1. The second-order valence-corrected chi connectivity index (χ2v) is 7.29. The summed E-state index contributed by atoms with van der Waals surface area (Å²) in [5, 5.41) is 15.5. The van der Waals surface area contributed by atoms with Gasteiger partial charge in [0.15, 0.2) is 0 Å². The van der Waals surface area contributed by atoms with Gasteiger partial charge in [-0.1, -0.05) is 5.21 Å². The summed E-state index contributed by atoms with van der Waals surface area (Å²) in [5.74, 6) is 1.28. The standard InChI is InChI=1S/C18H21N5O2S/c24-18(19-10-16-2-1-8-25-16)22-6-3-14(4-7-22)11-23-12-17(20-21-23)15-5-9-26-13-15/h1-2,5,8-9,12-14H,3-4,6-7,10-11H2,(H,19,24). The molecule has 3 aromatic heterocycles. The summed E-state index contributed by atoms with van der Waals surface area (Å²) in [6.07, 6.45) is 5.56. The molecule has 0 unspecified atom stereocenters. The third-order valence-electron chi connectivity index (χ3n) is 4.70. The molecule has 1 aliphatic rings. The van der Waals surface area contributed by atoms with E-state index in [9.17, 15) is 4.79 Å². The summed E-state index contributed by atoms with van der Waals surface area (Å²) < 4.78 is 7.16. The van der Waals surface area contributed by atoms with Crippen LogP contribution in [0.25, 0.3) is 11.3 Å². The predicted octanol–water partition coefficient (Wildman–Crippen LogP) is 3.22. The molecule has 1 aliphatic heterocycles. The molecular formula is C18H21N5O2S. The first kappa shape index (κ1) is 16.8. The Balaban J connectivity index is 1.24. The predicted molar refractivity (Wildman–Crippen MR) is 98.6 cm³/mol. The van der Waals surface area contributed by atoms with Gasteiger partial charge in [0.05, 0.1) is 19.0 Å². The van der Waals surface area contributed by atoms with Crippen LogP contribution in [0, 0.1) is 5.92 Å². The minimum Gasteiger partial charge on any atom is -0.467 e. The summed E-state index contributed by atoms with van der Waals surface area (Å²) in [7, 11) is 0. The van der Waals surface area contributed by atoms with Crippen LogP contribution in [0.2, 0.25) is 0 Å². The smallest absolute Gasteiger partial charge is 0.317 e. The lowest BCUT2D eigenvalue weighted by atomic mass is 9.97. The van der Waals surface area contributed by atoms with Gasteiger partial charge in [-0.3, -0.25) is 4.68 Å². The Labute approximate surface area is 155 Å². The molecule has 7 nitrogen and oxygen atoms in total. The summed E-state index contributed by atoms with van der Waals surface area (Å²) >= 11 is 1.66. The Morgan fingerprint density at radius 3 is 2.96 bits per heavy atom. The molecule has 4 heterocycles. The number of furan rings is 1. The van der Waals surface area contributed by atoms with E-state index >= 15 is 0 Å². The molecule has 0 aliphatic carbocycles. The number of amides is 2. The highest BCUT2D eigenvalue weighted by molar-refractivity contribution is 7.08. The highest BCUT2D eigenvalue weighted by atomic mass is 32.1. The van der Waals surface area contributed by atoms with Crippen molar-refractivity contribution >= 4 is 17.4 Å². The van der Waals surface area contributed by atoms with Crippen LogP contribution in [0.1, 0.15) is 18.6 Å². The van der Waals surface area contributed by atoms with Crippen molar-refractivity contribution in [1.82, 2.24) is 25.2 Å². The van der Waals surface area contributed by atoms with Gasteiger partial charge in [-0.2, -0.15) is 11.3 Å². The lowest BCUT2D eigenvalue weighted by Gasteiger charge is -2.31. The average Bonchev–Trinajstić information content (AvgIpc) is 3.41.